The maximum absolute atomic E-state index is 13.1. The molecule has 2 aliphatic heterocycles. The van der Waals surface area contributed by atoms with Gasteiger partial charge in [-0.05, 0) is 18.2 Å². The van der Waals surface area contributed by atoms with Gasteiger partial charge in [-0.25, -0.2) is 14.8 Å². The predicted octanol–water partition coefficient (Wildman–Crippen LogP) is 2.40. The Kier molecular flexibility index (Phi) is 4.82. The average Bonchev–Trinajstić information content (AvgIpc) is 3.04. The van der Waals surface area contributed by atoms with Gasteiger partial charge in [0.2, 0.25) is 5.82 Å². The number of urea groups is 1. The molecule has 1 unspecified atom stereocenters. The molecule has 9 nitrogen and oxygen atoms in total. The van der Waals surface area contributed by atoms with Gasteiger partial charge in [-0.3, -0.25) is 15.0 Å². The van der Waals surface area contributed by atoms with E-state index in [1.807, 2.05) is 0 Å². The third kappa shape index (κ3) is 3.78. The Morgan fingerprint density at radius 3 is 2.77 bits per heavy atom. The van der Waals surface area contributed by atoms with Gasteiger partial charge in [0, 0.05) is 18.7 Å². The molecule has 2 aliphatic rings. The third-order valence-corrected chi connectivity index (χ3v) is 5.02. The number of alkyl halides is 3. The number of rotatable bonds is 3. The Morgan fingerprint density at radius 2 is 2.07 bits per heavy atom. The van der Waals surface area contributed by atoms with Crippen LogP contribution in [0.2, 0.25) is 0 Å². The van der Waals surface area contributed by atoms with E-state index < -0.39 is 35.3 Å². The molecule has 4 heterocycles. The zero-order valence-corrected chi connectivity index (χ0v) is 15.5. The maximum Gasteiger partial charge on any atom is 0.405 e. The van der Waals surface area contributed by atoms with E-state index in [9.17, 15) is 28.0 Å². The minimum atomic E-state index is -4.58. The number of carbonyl (C=O) groups is 2. The molecular formula is C18H17F3N6O3. The molecule has 1 saturated heterocycles. The van der Waals surface area contributed by atoms with Crippen molar-refractivity contribution >= 4 is 29.3 Å². The number of hydrogen-bond acceptors (Lipinski definition) is 5. The molecule has 0 spiro atoms. The molecule has 3 amide bonds. The van der Waals surface area contributed by atoms with Crippen LogP contribution in [0, 0.1) is 5.21 Å². The Balaban J connectivity index is 1.66. The van der Waals surface area contributed by atoms with E-state index in [0.29, 0.717) is 6.42 Å². The lowest BCUT2D eigenvalue weighted by Gasteiger charge is -2.44. The first-order valence-electron chi connectivity index (χ1n) is 9.12. The highest BCUT2D eigenvalue weighted by atomic mass is 19.4. The summed E-state index contributed by atoms with van der Waals surface area (Å²) in [6.07, 6.45) is -2.66. The zero-order chi connectivity index (χ0) is 21.5. The molecule has 4 rings (SSSR count). The second-order valence-electron chi connectivity index (χ2n) is 7.09. The van der Waals surface area contributed by atoms with Crippen LogP contribution in [0.5, 0.6) is 0 Å². The van der Waals surface area contributed by atoms with Crippen LogP contribution in [0.25, 0.3) is 0 Å². The molecular weight excluding hydrogens is 405 g/mol. The number of carbonyl (C=O) groups excluding carboxylic acids is 2. The fraction of sp³-hybridized carbons (Fsp3) is 0.333. The average molecular weight is 422 g/mol. The molecule has 2 aromatic rings. The van der Waals surface area contributed by atoms with E-state index in [1.54, 1.807) is 23.5 Å². The molecule has 30 heavy (non-hydrogen) atoms. The number of fused-ring (bicyclic) bond motifs is 4. The van der Waals surface area contributed by atoms with Crippen LogP contribution in [-0.2, 0) is 0 Å². The molecule has 0 radical (unpaired) electrons. The number of nitrogens with zero attached hydrogens (tertiary/aromatic N) is 4. The molecule has 0 saturated carbocycles. The number of anilines is 2. The van der Waals surface area contributed by atoms with Gasteiger partial charge >= 0.3 is 12.2 Å². The molecule has 2 aromatic heterocycles. The molecule has 2 N–H and O–H groups in total. The summed E-state index contributed by atoms with van der Waals surface area (Å²) in [4.78, 5) is 34.5. The van der Waals surface area contributed by atoms with Crippen LogP contribution in [0.15, 0.2) is 36.5 Å². The number of quaternary nitrogens is 1. The predicted molar refractivity (Wildman–Crippen MR) is 102 cm³/mol. The van der Waals surface area contributed by atoms with E-state index in [4.69, 9.17) is 0 Å². The van der Waals surface area contributed by atoms with E-state index in [1.165, 1.54) is 23.2 Å². The van der Waals surface area contributed by atoms with E-state index in [-0.39, 0.29) is 36.1 Å². The van der Waals surface area contributed by atoms with Crippen molar-refractivity contribution in [3.63, 3.8) is 0 Å². The Labute approximate surface area is 168 Å². The molecule has 1 fully saturated rings. The van der Waals surface area contributed by atoms with Crippen molar-refractivity contribution in [2.45, 2.75) is 18.6 Å². The topological polar surface area (TPSA) is 110 Å². The van der Waals surface area contributed by atoms with E-state index in [2.05, 4.69) is 15.3 Å². The highest BCUT2D eigenvalue weighted by Crippen LogP contribution is 2.43. The number of aromatic nitrogens is 2. The molecule has 0 aromatic carbocycles. The summed E-state index contributed by atoms with van der Waals surface area (Å²) in [5.74, 6) is -0.799. The summed E-state index contributed by atoms with van der Waals surface area (Å²) in [7, 11) is 0. The van der Waals surface area contributed by atoms with Crippen molar-refractivity contribution in [1.82, 2.24) is 19.9 Å². The number of pyridine rings is 2. The summed E-state index contributed by atoms with van der Waals surface area (Å²) >= 11 is 0. The van der Waals surface area contributed by atoms with Crippen LogP contribution < -0.4 is 20.2 Å². The molecule has 12 heteroatoms. The van der Waals surface area contributed by atoms with Crippen molar-refractivity contribution < 1.29 is 22.8 Å². The maximum atomic E-state index is 13.1. The molecule has 2 bridgehead atoms. The number of amides is 3. The van der Waals surface area contributed by atoms with Crippen molar-refractivity contribution in [3.05, 3.63) is 47.4 Å². The lowest BCUT2D eigenvalue weighted by atomic mass is 10.1. The second-order valence-corrected chi connectivity index (χ2v) is 7.09. The van der Waals surface area contributed by atoms with Gasteiger partial charge < -0.3 is 15.2 Å². The van der Waals surface area contributed by atoms with Crippen molar-refractivity contribution in [1.29, 1.82) is 0 Å². The fourth-order valence-corrected chi connectivity index (χ4v) is 3.69. The lowest BCUT2D eigenvalue weighted by Crippen LogP contribution is -2.54. The molecule has 158 valence electrons. The Hall–Kier alpha value is -3.25. The summed E-state index contributed by atoms with van der Waals surface area (Å²) in [6.45, 7) is -1.16. The van der Waals surface area contributed by atoms with Crippen LogP contribution in [0.1, 0.15) is 16.9 Å². The minimum absolute atomic E-state index is 0.0353. The van der Waals surface area contributed by atoms with Gasteiger partial charge in [0.25, 0.3) is 5.91 Å². The van der Waals surface area contributed by atoms with Crippen LogP contribution in [0.3, 0.4) is 0 Å². The minimum Gasteiger partial charge on any atom is -0.627 e. The fourth-order valence-electron chi connectivity index (χ4n) is 3.69. The highest BCUT2D eigenvalue weighted by Gasteiger charge is 2.48. The van der Waals surface area contributed by atoms with Gasteiger partial charge in [0.15, 0.2) is 5.69 Å². The van der Waals surface area contributed by atoms with Gasteiger partial charge in [-0.15, -0.1) is 0 Å². The second kappa shape index (κ2) is 7.22. The molecule has 2 atom stereocenters. The van der Waals surface area contributed by atoms with Crippen molar-refractivity contribution in [2.75, 3.05) is 29.9 Å². The first-order chi connectivity index (χ1) is 14.2. The van der Waals surface area contributed by atoms with Crippen molar-refractivity contribution in [3.8, 4) is 0 Å². The SMILES string of the molecule is O=C(NCC(F)(F)F)c1ccc2c(n1)N(C(=O)Nc1ccccn1)[C@@H]1CC[N+]2([O-])C1. The Bertz CT molecular complexity index is 987. The third-order valence-electron chi connectivity index (χ3n) is 5.02. The Morgan fingerprint density at radius 1 is 1.27 bits per heavy atom. The number of hydrogen-bond donors (Lipinski definition) is 2. The quantitative estimate of drug-likeness (QED) is 0.583. The monoisotopic (exact) mass is 422 g/mol. The molecule has 0 aliphatic carbocycles. The van der Waals surface area contributed by atoms with Gasteiger partial charge in [0.05, 0.1) is 12.6 Å². The first kappa shape index (κ1) is 20.0. The van der Waals surface area contributed by atoms with Crippen LogP contribution in [0.4, 0.5) is 35.3 Å². The highest BCUT2D eigenvalue weighted by molar-refractivity contribution is 6.04. The normalized spacial score (nSPS) is 22.4. The van der Waals surface area contributed by atoms with Gasteiger partial charge in [-0.1, -0.05) is 6.07 Å². The summed E-state index contributed by atoms with van der Waals surface area (Å²) in [6, 6.07) is 6.44. The van der Waals surface area contributed by atoms with Crippen LogP contribution >= 0.6 is 0 Å². The number of halogens is 3. The van der Waals surface area contributed by atoms with Crippen LogP contribution in [-0.4, -0.2) is 53.8 Å². The number of nitrogens with one attached hydrogen (secondary N) is 2. The summed E-state index contributed by atoms with van der Waals surface area (Å²) in [5.41, 5.74) is -0.130. The van der Waals surface area contributed by atoms with E-state index >= 15 is 0 Å². The van der Waals surface area contributed by atoms with Crippen molar-refractivity contribution in [2.24, 2.45) is 0 Å². The summed E-state index contributed by atoms with van der Waals surface area (Å²) < 4.78 is 36.5. The number of hydroxylamine groups is 2. The standard InChI is InChI=1S/C18H17F3N6O3/c19-18(20,21)10-23-16(28)12-4-5-13-15(24-12)26(11-6-8-27(13,30)9-11)17(29)25-14-3-1-2-7-22-14/h1-5,7,11H,6,8-10H2,(H,23,28)(H,22,25,29)/t11-,27?/m1/s1. The first-order valence-corrected chi connectivity index (χ1v) is 9.12. The zero-order valence-electron chi connectivity index (χ0n) is 15.5. The smallest absolute Gasteiger partial charge is 0.405 e. The van der Waals surface area contributed by atoms with E-state index in [0.717, 1.165) is 0 Å². The lowest BCUT2D eigenvalue weighted by molar-refractivity contribution is -0.123. The van der Waals surface area contributed by atoms with Gasteiger partial charge in [0.1, 0.15) is 24.6 Å². The largest absolute Gasteiger partial charge is 0.627 e. The summed E-state index contributed by atoms with van der Waals surface area (Å²) in [5, 5.41) is 17.5. The van der Waals surface area contributed by atoms with Gasteiger partial charge in [-0.2, -0.15) is 13.2 Å².